The highest BCUT2D eigenvalue weighted by atomic mass is 32.2. The van der Waals surface area contributed by atoms with Gasteiger partial charge in [0.15, 0.2) is 0 Å². The Morgan fingerprint density at radius 3 is 2.38 bits per heavy atom. The molecule has 0 aliphatic carbocycles. The minimum absolute atomic E-state index is 0.381. The highest BCUT2D eigenvalue weighted by Crippen LogP contribution is 2.29. The van der Waals surface area contributed by atoms with Crippen molar-refractivity contribution in [2.75, 3.05) is 39.3 Å². The van der Waals surface area contributed by atoms with Gasteiger partial charge in [0, 0.05) is 31.1 Å². The predicted molar refractivity (Wildman–Crippen MR) is 104 cm³/mol. The maximum absolute atomic E-state index is 4.92. The lowest BCUT2D eigenvalue weighted by atomic mass is 10.0. The van der Waals surface area contributed by atoms with Crippen molar-refractivity contribution in [3.05, 3.63) is 29.8 Å². The van der Waals surface area contributed by atoms with Crippen molar-refractivity contribution in [2.45, 2.75) is 44.6 Å². The monoisotopic (exact) mass is 346 g/mol. The number of likely N-dealkylation sites (N-methyl/N-ethyl adjacent to an activating group) is 1. The molecule has 2 aliphatic rings. The van der Waals surface area contributed by atoms with E-state index in [2.05, 4.69) is 66.1 Å². The number of benzene rings is 1. The van der Waals surface area contributed by atoms with Gasteiger partial charge in [0.2, 0.25) is 5.96 Å². The lowest BCUT2D eigenvalue weighted by Crippen LogP contribution is -2.51. The highest BCUT2D eigenvalue weighted by Gasteiger charge is 2.29. The molecule has 0 aromatic heterocycles. The summed E-state index contributed by atoms with van der Waals surface area (Å²) < 4.78 is 2.39. The highest BCUT2D eigenvalue weighted by molar-refractivity contribution is 7.97. The molecule has 1 aromatic rings. The van der Waals surface area contributed by atoms with Gasteiger partial charge in [-0.25, -0.2) is 4.99 Å². The van der Waals surface area contributed by atoms with Crippen LogP contribution in [0.3, 0.4) is 0 Å². The fourth-order valence-electron chi connectivity index (χ4n) is 3.25. The molecule has 5 heteroatoms. The Labute approximate surface area is 151 Å². The van der Waals surface area contributed by atoms with Crippen molar-refractivity contribution in [3.8, 4) is 0 Å². The minimum atomic E-state index is 0.381. The van der Waals surface area contributed by atoms with Gasteiger partial charge in [-0.2, -0.15) is 0 Å². The number of guanidine groups is 1. The van der Waals surface area contributed by atoms with Gasteiger partial charge in [0.25, 0.3) is 0 Å². The van der Waals surface area contributed by atoms with E-state index < -0.39 is 0 Å². The van der Waals surface area contributed by atoms with Gasteiger partial charge in [0.1, 0.15) is 0 Å². The number of rotatable bonds is 4. The third-order valence-corrected chi connectivity index (χ3v) is 5.87. The van der Waals surface area contributed by atoms with E-state index in [4.69, 9.17) is 4.99 Å². The van der Waals surface area contributed by atoms with E-state index in [1.165, 1.54) is 16.4 Å². The molecule has 1 atom stereocenters. The van der Waals surface area contributed by atoms with Crippen LogP contribution in [0.25, 0.3) is 0 Å². The van der Waals surface area contributed by atoms with E-state index in [-0.39, 0.29) is 0 Å². The Balaban J connectivity index is 1.65. The normalized spacial score (nSPS) is 22.4. The van der Waals surface area contributed by atoms with Crippen LogP contribution in [0, 0.1) is 0 Å². The molecule has 4 nitrogen and oxygen atoms in total. The summed E-state index contributed by atoms with van der Waals surface area (Å²) in [5.74, 6) is 1.76. The second kappa shape index (κ2) is 7.79. The van der Waals surface area contributed by atoms with Gasteiger partial charge in [0.05, 0.1) is 12.6 Å². The van der Waals surface area contributed by atoms with Crippen molar-refractivity contribution in [1.82, 2.24) is 14.1 Å². The van der Waals surface area contributed by atoms with E-state index in [1.807, 2.05) is 11.9 Å². The fraction of sp³-hybridized carbons (Fsp3) is 0.632. The van der Waals surface area contributed by atoms with Crippen molar-refractivity contribution in [1.29, 1.82) is 0 Å². The second-order valence-electron chi connectivity index (χ2n) is 7.08. The summed E-state index contributed by atoms with van der Waals surface area (Å²) in [6.45, 7) is 15.5. The Bertz CT molecular complexity index is 561. The number of aliphatic imine (C=N–C) groups is 1. The third-order valence-electron chi connectivity index (χ3n) is 4.85. The molecule has 0 radical (unpaired) electrons. The SMILES string of the molecule is CCN1CCN(C2=NC(C)CN2Sc2ccc(C(C)C)cc2)CC1. The predicted octanol–water partition coefficient (Wildman–Crippen LogP) is 3.51. The van der Waals surface area contributed by atoms with Gasteiger partial charge in [-0.05, 0) is 49.0 Å². The molecule has 1 unspecified atom stereocenters. The van der Waals surface area contributed by atoms with Crippen molar-refractivity contribution < 1.29 is 0 Å². The Hall–Kier alpha value is -1.20. The minimum Gasteiger partial charge on any atom is -0.340 e. The lowest BCUT2D eigenvalue weighted by Gasteiger charge is -2.37. The molecule has 1 saturated heterocycles. The number of nitrogens with zero attached hydrogens (tertiary/aromatic N) is 4. The van der Waals surface area contributed by atoms with Gasteiger partial charge in [-0.1, -0.05) is 32.9 Å². The van der Waals surface area contributed by atoms with Crippen molar-refractivity contribution >= 4 is 17.9 Å². The average molecular weight is 347 g/mol. The molecule has 132 valence electrons. The van der Waals surface area contributed by atoms with Crippen LogP contribution in [0.1, 0.15) is 39.2 Å². The molecule has 2 heterocycles. The summed E-state index contributed by atoms with van der Waals surface area (Å²) in [6.07, 6.45) is 0. The maximum atomic E-state index is 4.92. The summed E-state index contributed by atoms with van der Waals surface area (Å²) in [5.41, 5.74) is 1.40. The maximum Gasteiger partial charge on any atom is 0.207 e. The molecule has 24 heavy (non-hydrogen) atoms. The zero-order valence-corrected chi connectivity index (χ0v) is 16.2. The van der Waals surface area contributed by atoms with Crippen LogP contribution in [0.4, 0.5) is 0 Å². The first-order valence-corrected chi connectivity index (χ1v) is 9.94. The summed E-state index contributed by atoms with van der Waals surface area (Å²) in [7, 11) is 0. The van der Waals surface area contributed by atoms with E-state index in [9.17, 15) is 0 Å². The molecule has 1 aromatic carbocycles. The molecule has 0 spiro atoms. The van der Waals surface area contributed by atoms with E-state index >= 15 is 0 Å². The van der Waals surface area contributed by atoms with Crippen LogP contribution in [0.2, 0.25) is 0 Å². The zero-order valence-electron chi connectivity index (χ0n) is 15.4. The van der Waals surface area contributed by atoms with E-state index in [0.29, 0.717) is 12.0 Å². The molecular formula is C19H30N4S. The molecule has 0 N–H and O–H groups in total. The van der Waals surface area contributed by atoms with Crippen LogP contribution in [-0.2, 0) is 0 Å². The largest absolute Gasteiger partial charge is 0.340 e. The van der Waals surface area contributed by atoms with Crippen molar-refractivity contribution in [3.63, 3.8) is 0 Å². The quantitative estimate of drug-likeness (QED) is 0.778. The summed E-state index contributed by atoms with van der Waals surface area (Å²) in [6, 6.07) is 9.38. The molecule has 0 saturated carbocycles. The smallest absolute Gasteiger partial charge is 0.207 e. The Kier molecular flexibility index (Phi) is 5.72. The fourth-order valence-corrected chi connectivity index (χ4v) is 4.29. The first-order chi connectivity index (χ1) is 11.6. The Morgan fingerprint density at radius 2 is 1.79 bits per heavy atom. The van der Waals surface area contributed by atoms with E-state index in [0.717, 1.165) is 39.3 Å². The van der Waals surface area contributed by atoms with E-state index in [1.54, 1.807) is 0 Å². The van der Waals surface area contributed by atoms with Crippen LogP contribution >= 0.6 is 11.9 Å². The van der Waals surface area contributed by atoms with Gasteiger partial charge in [-0.3, -0.25) is 4.31 Å². The van der Waals surface area contributed by atoms with Crippen LogP contribution in [-0.4, -0.2) is 65.4 Å². The van der Waals surface area contributed by atoms with Gasteiger partial charge >= 0.3 is 0 Å². The molecule has 0 bridgehead atoms. The molecular weight excluding hydrogens is 316 g/mol. The summed E-state index contributed by atoms with van der Waals surface area (Å²) >= 11 is 1.83. The summed E-state index contributed by atoms with van der Waals surface area (Å²) in [5, 5.41) is 0. The first-order valence-electron chi connectivity index (χ1n) is 9.17. The molecule has 2 aliphatic heterocycles. The summed E-state index contributed by atoms with van der Waals surface area (Å²) in [4.78, 5) is 11.2. The van der Waals surface area contributed by atoms with Gasteiger partial charge in [-0.15, -0.1) is 0 Å². The number of hydrogen-bond donors (Lipinski definition) is 0. The van der Waals surface area contributed by atoms with Gasteiger partial charge < -0.3 is 9.80 Å². The van der Waals surface area contributed by atoms with Crippen LogP contribution < -0.4 is 0 Å². The average Bonchev–Trinajstić information content (AvgIpc) is 2.96. The van der Waals surface area contributed by atoms with Crippen LogP contribution in [0.5, 0.6) is 0 Å². The number of piperazine rings is 1. The first kappa shape index (κ1) is 17.6. The Morgan fingerprint density at radius 1 is 1.12 bits per heavy atom. The molecule has 0 amide bonds. The topological polar surface area (TPSA) is 22.1 Å². The van der Waals surface area contributed by atoms with Crippen LogP contribution in [0.15, 0.2) is 34.2 Å². The molecule has 1 fully saturated rings. The standard InChI is InChI=1S/C19H30N4S/c1-5-21-10-12-22(13-11-21)19-20-16(4)14-23(19)24-18-8-6-17(7-9-18)15(2)3/h6-9,15-16H,5,10-14H2,1-4H3. The number of hydrogen-bond acceptors (Lipinski definition) is 5. The third kappa shape index (κ3) is 4.06. The van der Waals surface area contributed by atoms with Crippen molar-refractivity contribution in [2.24, 2.45) is 4.99 Å². The molecule has 3 rings (SSSR count). The lowest BCUT2D eigenvalue weighted by molar-refractivity contribution is 0.184. The zero-order chi connectivity index (χ0) is 17.1. The second-order valence-corrected chi connectivity index (χ2v) is 8.17.